The highest BCUT2D eigenvalue weighted by molar-refractivity contribution is 7.80. The van der Waals surface area contributed by atoms with Crippen molar-refractivity contribution in [2.24, 2.45) is 5.73 Å². The Kier molecular flexibility index (Phi) is 3.48. The van der Waals surface area contributed by atoms with Gasteiger partial charge >= 0.3 is 0 Å². The zero-order valence-electron chi connectivity index (χ0n) is 9.22. The lowest BCUT2D eigenvalue weighted by Crippen LogP contribution is -2.33. The van der Waals surface area contributed by atoms with Gasteiger partial charge in [-0.2, -0.15) is 0 Å². The van der Waals surface area contributed by atoms with Crippen molar-refractivity contribution >= 4 is 28.9 Å². The average molecular weight is 251 g/mol. The Labute approximate surface area is 104 Å². The molecule has 0 saturated carbocycles. The molecule has 1 saturated heterocycles. The Morgan fingerprint density at radius 1 is 1.47 bits per heavy atom. The van der Waals surface area contributed by atoms with Crippen LogP contribution in [-0.2, 0) is 4.79 Å². The summed E-state index contributed by atoms with van der Waals surface area (Å²) < 4.78 is 0. The fourth-order valence-electron chi connectivity index (χ4n) is 1.61. The number of hydrogen-bond acceptors (Lipinski definition) is 5. The van der Waals surface area contributed by atoms with Gasteiger partial charge < -0.3 is 16.0 Å². The molecule has 2 rings (SSSR count). The predicted molar refractivity (Wildman–Crippen MR) is 67.8 cm³/mol. The molecular formula is C10H13N5OS. The van der Waals surface area contributed by atoms with E-state index in [2.05, 4.69) is 15.3 Å². The van der Waals surface area contributed by atoms with Gasteiger partial charge in [-0.15, -0.1) is 0 Å². The number of nitrogens with two attached hydrogens (primary N) is 1. The summed E-state index contributed by atoms with van der Waals surface area (Å²) in [5, 5.41) is 2.80. The highest BCUT2D eigenvalue weighted by Gasteiger charge is 2.16. The second-order valence-electron chi connectivity index (χ2n) is 3.75. The van der Waals surface area contributed by atoms with Crippen molar-refractivity contribution in [2.75, 3.05) is 24.5 Å². The molecule has 7 heteroatoms. The van der Waals surface area contributed by atoms with E-state index in [0.29, 0.717) is 24.6 Å². The molecule has 1 aliphatic heterocycles. The summed E-state index contributed by atoms with van der Waals surface area (Å²) >= 11 is 4.80. The summed E-state index contributed by atoms with van der Waals surface area (Å²) in [4.78, 5) is 21.8. The lowest BCUT2D eigenvalue weighted by atomic mass is 10.4. The Hall–Kier alpha value is -1.76. The van der Waals surface area contributed by atoms with Gasteiger partial charge in [-0.05, 0) is 6.42 Å². The van der Waals surface area contributed by atoms with Crippen molar-refractivity contribution in [2.45, 2.75) is 6.42 Å². The van der Waals surface area contributed by atoms with Crippen LogP contribution in [0.2, 0.25) is 0 Å². The molecule has 3 N–H and O–H groups in total. The number of thiocarbonyl (C=S) groups is 1. The average Bonchev–Trinajstić information content (AvgIpc) is 2.54. The molecule has 1 amide bonds. The van der Waals surface area contributed by atoms with Crippen molar-refractivity contribution in [1.29, 1.82) is 0 Å². The van der Waals surface area contributed by atoms with Crippen LogP contribution in [0.1, 0.15) is 12.1 Å². The summed E-state index contributed by atoms with van der Waals surface area (Å²) in [5.41, 5.74) is 5.93. The smallest absolute Gasteiger partial charge is 0.239 e. The molecule has 0 aromatic carbocycles. The Balaban J connectivity index is 2.15. The van der Waals surface area contributed by atoms with Crippen LogP contribution in [0.15, 0.2) is 12.4 Å². The lowest BCUT2D eigenvalue weighted by Gasteiger charge is -2.19. The minimum atomic E-state index is 0.00252. The van der Waals surface area contributed by atoms with Crippen LogP contribution in [0, 0.1) is 0 Å². The lowest BCUT2D eigenvalue weighted by molar-refractivity contribution is -0.119. The number of nitrogens with zero attached hydrogens (tertiary/aromatic N) is 3. The van der Waals surface area contributed by atoms with Gasteiger partial charge in [0, 0.05) is 13.1 Å². The number of carbonyl (C=O) groups is 1. The van der Waals surface area contributed by atoms with E-state index in [1.54, 1.807) is 6.20 Å². The van der Waals surface area contributed by atoms with E-state index in [0.717, 1.165) is 13.0 Å². The van der Waals surface area contributed by atoms with Gasteiger partial charge in [-0.1, -0.05) is 12.2 Å². The fraction of sp³-hybridized carbons (Fsp3) is 0.400. The van der Waals surface area contributed by atoms with E-state index < -0.39 is 0 Å². The molecule has 1 aromatic heterocycles. The molecule has 17 heavy (non-hydrogen) atoms. The van der Waals surface area contributed by atoms with Gasteiger partial charge in [-0.25, -0.2) is 9.97 Å². The molecular weight excluding hydrogens is 238 g/mol. The van der Waals surface area contributed by atoms with Crippen molar-refractivity contribution in [1.82, 2.24) is 15.3 Å². The van der Waals surface area contributed by atoms with Gasteiger partial charge in [-0.3, -0.25) is 4.79 Å². The zero-order chi connectivity index (χ0) is 12.3. The molecule has 0 spiro atoms. The van der Waals surface area contributed by atoms with E-state index in [-0.39, 0.29) is 10.9 Å². The monoisotopic (exact) mass is 251 g/mol. The molecule has 1 aromatic rings. The highest BCUT2D eigenvalue weighted by atomic mass is 32.1. The first-order valence-corrected chi connectivity index (χ1v) is 5.71. The molecule has 0 atom stereocenters. The first-order chi connectivity index (χ1) is 8.16. The number of nitrogens with one attached hydrogen (secondary N) is 1. The molecule has 0 unspecified atom stereocenters. The molecule has 1 fully saturated rings. The maximum Gasteiger partial charge on any atom is 0.239 e. The van der Waals surface area contributed by atoms with Crippen LogP contribution >= 0.6 is 12.2 Å². The van der Waals surface area contributed by atoms with Crippen LogP contribution in [0.4, 0.5) is 5.82 Å². The third-order valence-electron chi connectivity index (χ3n) is 2.48. The third-order valence-corrected chi connectivity index (χ3v) is 2.69. The highest BCUT2D eigenvalue weighted by Crippen LogP contribution is 2.10. The van der Waals surface area contributed by atoms with Crippen LogP contribution in [0.3, 0.4) is 0 Å². The van der Waals surface area contributed by atoms with Crippen molar-refractivity contribution in [3.63, 3.8) is 0 Å². The minimum absolute atomic E-state index is 0.00252. The SMILES string of the molecule is NC(=S)c1cnc(N2CCCNC(=O)C2)cn1. The number of hydrogen-bond donors (Lipinski definition) is 2. The Bertz CT molecular complexity index is 433. The number of aromatic nitrogens is 2. The number of carbonyl (C=O) groups excluding carboxylic acids is 1. The van der Waals surface area contributed by atoms with E-state index in [1.807, 2.05) is 4.90 Å². The van der Waals surface area contributed by atoms with Crippen LogP contribution < -0.4 is 16.0 Å². The first-order valence-electron chi connectivity index (χ1n) is 5.30. The predicted octanol–water partition coefficient (Wildman–Crippen LogP) is -0.563. The zero-order valence-corrected chi connectivity index (χ0v) is 10.0. The van der Waals surface area contributed by atoms with Gasteiger partial charge in [0.25, 0.3) is 0 Å². The topological polar surface area (TPSA) is 84.1 Å². The van der Waals surface area contributed by atoms with Gasteiger partial charge in [0.15, 0.2) is 0 Å². The third kappa shape index (κ3) is 2.88. The summed E-state index contributed by atoms with van der Waals surface area (Å²) in [6.07, 6.45) is 4.01. The number of rotatable bonds is 2. The van der Waals surface area contributed by atoms with Gasteiger partial charge in [0.05, 0.1) is 18.9 Å². The summed E-state index contributed by atoms with van der Waals surface area (Å²) in [5.74, 6) is 0.671. The second-order valence-corrected chi connectivity index (χ2v) is 4.19. The van der Waals surface area contributed by atoms with Gasteiger partial charge in [0.1, 0.15) is 16.5 Å². The molecule has 0 aliphatic carbocycles. The maximum atomic E-state index is 11.4. The normalized spacial score (nSPS) is 16.2. The first kappa shape index (κ1) is 11.7. The van der Waals surface area contributed by atoms with E-state index >= 15 is 0 Å². The molecule has 1 aliphatic rings. The standard InChI is InChI=1S/C10H13N5OS/c11-10(17)7-4-14-8(5-13-7)15-3-1-2-12-9(16)6-15/h4-5H,1-3,6H2,(H2,11,17)(H,12,16). The number of anilines is 1. The van der Waals surface area contributed by atoms with Crippen LogP contribution in [0.5, 0.6) is 0 Å². The summed E-state index contributed by atoms with van der Waals surface area (Å²) in [7, 11) is 0. The van der Waals surface area contributed by atoms with Crippen molar-refractivity contribution < 1.29 is 4.79 Å². The minimum Gasteiger partial charge on any atom is -0.388 e. The second kappa shape index (κ2) is 5.05. The van der Waals surface area contributed by atoms with Crippen LogP contribution in [0.25, 0.3) is 0 Å². The number of amides is 1. The molecule has 90 valence electrons. The summed E-state index contributed by atoms with van der Waals surface area (Å²) in [6.45, 7) is 1.79. The maximum absolute atomic E-state index is 11.4. The van der Waals surface area contributed by atoms with Crippen LogP contribution in [-0.4, -0.2) is 40.5 Å². The van der Waals surface area contributed by atoms with E-state index in [1.165, 1.54) is 6.20 Å². The molecule has 0 radical (unpaired) electrons. The van der Waals surface area contributed by atoms with E-state index in [9.17, 15) is 4.79 Å². The Morgan fingerprint density at radius 3 is 2.94 bits per heavy atom. The molecule has 2 heterocycles. The molecule has 0 bridgehead atoms. The van der Waals surface area contributed by atoms with Gasteiger partial charge in [0.2, 0.25) is 5.91 Å². The Morgan fingerprint density at radius 2 is 2.29 bits per heavy atom. The van der Waals surface area contributed by atoms with E-state index in [4.69, 9.17) is 18.0 Å². The largest absolute Gasteiger partial charge is 0.388 e. The quantitative estimate of drug-likeness (QED) is 0.685. The summed E-state index contributed by atoms with van der Waals surface area (Å²) in [6, 6.07) is 0. The fourth-order valence-corrected chi connectivity index (χ4v) is 1.72. The molecule has 6 nitrogen and oxygen atoms in total. The van der Waals surface area contributed by atoms with Crippen molar-refractivity contribution in [3.05, 3.63) is 18.1 Å². The van der Waals surface area contributed by atoms with Crippen molar-refractivity contribution in [3.8, 4) is 0 Å².